The summed E-state index contributed by atoms with van der Waals surface area (Å²) in [5.41, 5.74) is 2.33. The van der Waals surface area contributed by atoms with E-state index in [0.717, 1.165) is 30.8 Å². The number of nitrogens with one attached hydrogen (secondary N) is 1. The summed E-state index contributed by atoms with van der Waals surface area (Å²) < 4.78 is 22.3. The molecule has 0 aliphatic carbocycles. The summed E-state index contributed by atoms with van der Waals surface area (Å²) in [5.74, 6) is 0. The molecule has 0 saturated heterocycles. The molecule has 6 nitrogen and oxygen atoms in total. The Labute approximate surface area is 136 Å². The van der Waals surface area contributed by atoms with Gasteiger partial charge in [-0.05, 0) is 55.0 Å². The van der Waals surface area contributed by atoms with Crippen LogP contribution in [0.4, 0.5) is 17.1 Å². The van der Waals surface area contributed by atoms with Crippen molar-refractivity contribution in [1.29, 1.82) is 0 Å². The second-order valence-corrected chi connectivity index (χ2v) is 6.63. The molecule has 0 saturated carbocycles. The summed E-state index contributed by atoms with van der Waals surface area (Å²) in [6.45, 7) is 3.11. The lowest BCUT2D eigenvalue weighted by Gasteiger charge is -2.04. The first-order valence-electron chi connectivity index (χ1n) is 7.37. The van der Waals surface area contributed by atoms with Gasteiger partial charge in [-0.3, -0.25) is 0 Å². The summed E-state index contributed by atoms with van der Waals surface area (Å²) in [5, 5.41) is 16.6. The number of rotatable bonds is 7. The molecule has 0 bridgehead atoms. The van der Waals surface area contributed by atoms with Crippen LogP contribution in [0.2, 0.25) is 0 Å². The smallest absolute Gasteiger partial charge is 0.238 e. The molecule has 23 heavy (non-hydrogen) atoms. The zero-order valence-electron chi connectivity index (χ0n) is 12.9. The third kappa shape index (κ3) is 5.46. The molecule has 2 aromatic carbocycles. The average molecular weight is 332 g/mol. The molecule has 0 unspecified atom stereocenters. The predicted molar refractivity (Wildman–Crippen MR) is 91.8 cm³/mol. The van der Waals surface area contributed by atoms with Crippen LogP contribution in [0.3, 0.4) is 0 Å². The van der Waals surface area contributed by atoms with Crippen LogP contribution in [-0.2, 0) is 10.0 Å². The molecule has 0 heterocycles. The van der Waals surface area contributed by atoms with Crippen LogP contribution in [-0.4, -0.2) is 15.0 Å². The Morgan fingerprint density at radius 1 is 0.957 bits per heavy atom. The normalized spacial score (nSPS) is 11.7. The van der Waals surface area contributed by atoms with E-state index in [-0.39, 0.29) is 4.90 Å². The van der Waals surface area contributed by atoms with Crippen LogP contribution >= 0.6 is 0 Å². The molecule has 0 radical (unpaired) electrons. The summed E-state index contributed by atoms with van der Waals surface area (Å²) in [6.07, 6.45) is 2.29. The SMILES string of the molecule is CCCCNc1ccc(N=Nc2ccc(S(N)(=O)=O)cc2)cc1. The summed E-state index contributed by atoms with van der Waals surface area (Å²) in [7, 11) is -3.68. The quantitative estimate of drug-likeness (QED) is 0.593. The van der Waals surface area contributed by atoms with E-state index >= 15 is 0 Å². The van der Waals surface area contributed by atoms with E-state index in [1.54, 1.807) is 12.1 Å². The first-order chi connectivity index (χ1) is 11.0. The Hall–Kier alpha value is -2.25. The molecule has 7 heteroatoms. The number of azo groups is 1. The highest BCUT2D eigenvalue weighted by molar-refractivity contribution is 7.89. The van der Waals surface area contributed by atoms with Crippen LogP contribution < -0.4 is 10.5 Å². The van der Waals surface area contributed by atoms with Crippen molar-refractivity contribution in [2.45, 2.75) is 24.7 Å². The second-order valence-electron chi connectivity index (χ2n) is 5.07. The van der Waals surface area contributed by atoms with Gasteiger partial charge in [0.15, 0.2) is 0 Å². The lowest BCUT2D eigenvalue weighted by atomic mass is 10.2. The molecule has 3 N–H and O–H groups in total. The van der Waals surface area contributed by atoms with Crippen molar-refractivity contribution < 1.29 is 8.42 Å². The third-order valence-electron chi connectivity index (χ3n) is 3.17. The Kier molecular flexibility index (Phi) is 5.84. The van der Waals surface area contributed by atoms with Crippen LogP contribution in [0.25, 0.3) is 0 Å². The first-order valence-corrected chi connectivity index (χ1v) is 8.92. The molecule has 2 rings (SSSR count). The molecule has 0 amide bonds. The molecule has 0 aromatic heterocycles. The van der Waals surface area contributed by atoms with Crippen LogP contribution in [0.15, 0.2) is 63.7 Å². The minimum Gasteiger partial charge on any atom is -0.385 e. The van der Waals surface area contributed by atoms with E-state index in [9.17, 15) is 8.42 Å². The maximum absolute atomic E-state index is 11.2. The molecule has 2 aromatic rings. The lowest BCUT2D eigenvalue weighted by molar-refractivity contribution is 0.598. The highest BCUT2D eigenvalue weighted by Crippen LogP contribution is 2.21. The van der Waals surface area contributed by atoms with Gasteiger partial charge in [-0.1, -0.05) is 13.3 Å². The van der Waals surface area contributed by atoms with Crippen molar-refractivity contribution in [2.24, 2.45) is 15.4 Å². The van der Waals surface area contributed by atoms with Gasteiger partial charge in [0.05, 0.1) is 16.3 Å². The molecule has 0 aliphatic rings. The van der Waals surface area contributed by atoms with Crippen molar-refractivity contribution in [2.75, 3.05) is 11.9 Å². The highest BCUT2D eigenvalue weighted by atomic mass is 32.2. The Morgan fingerprint density at radius 3 is 1.96 bits per heavy atom. The van der Waals surface area contributed by atoms with E-state index in [1.807, 2.05) is 24.3 Å². The van der Waals surface area contributed by atoms with Gasteiger partial charge in [-0.15, -0.1) is 0 Å². The summed E-state index contributed by atoms with van der Waals surface area (Å²) in [6, 6.07) is 13.6. The van der Waals surface area contributed by atoms with Crippen molar-refractivity contribution in [1.82, 2.24) is 0 Å². The topological polar surface area (TPSA) is 96.9 Å². The number of sulfonamides is 1. The average Bonchev–Trinajstić information content (AvgIpc) is 2.54. The molecule has 0 spiro atoms. The number of primary sulfonamides is 1. The molecule has 0 atom stereocenters. The fraction of sp³-hybridized carbons (Fsp3) is 0.250. The molecule has 122 valence electrons. The zero-order chi connectivity index (χ0) is 16.7. The van der Waals surface area contributed by atoms with Crippen molar-refractivity contribution in [3.8, 4) is 0 Å². The second kappa shape index (κ2) is 7.85. The molecular weight excluding hydrogens is 312 g/mol. The maximum Gasteiger partial charge on any atom is 0.238 e. The van der Waals surface area contributed by atoms with Gasteiger partial charge < -0.3 is 5.32 Å². The van der Waals surface area contributed by atoms with E-state index in [2.05, 4.69) is 22.5 Å². The van der Waals surface area contributed by atoms with E-state index in [0.29, 0.717) is 5.69 Å². The zero-order valence-corrected chi connectivity index (χ0v) is 13.8. The molecule has 0 aliphatic heterocycles. The van der Waals surface area contributed by atoms with Gasteiger partial charge in [0.2, 0.25) is 10.0 Å². The summed E-state index contributed by atoms with van der Waals surface area (Å²) in [4.78, 5) is 0.0546. The number of unbranched alkanes of at least 4 members (excludes halogenated alkanes) is 1. The number of benzene rings is 2. The van der Waals surface area contributed by atoms with Gasteiger partial charge in [0.1, 0.15) is 0 Å². The van der Waals surface area contributed by atoms with Crippen LogP contribution in [0.1, 0.15) is 19.8 Å². The number of nitrogens with zero attached hydrogens (tertiary/aromatic N) is 2. The first kappa shape index (κ1) is 17.1. The van der Waals surface area contributed by atoms with Gasteiger partial charge in [0.25, 0.3) is 0 Å². The van der Waals surface area contributed by atoms with Crippen LogP contribution in [0.5, 0.6) is 0 Å². The standard InChI is InChI=1S/C16H20N4O2S/c1-2-3-12-18-13-4-6-14(7-5-13)19-20-15-8-10-16(11-9-15)23(17,21)22/h4-11,18H,2-3,12H2,1H3,(H2,17,21,22). The minimum atomic E-state index is -3.68. The van der Waals surface area contributed by atoms with Gasteiger partial charge in [-0.2, -0.15) is 10.2 Å². The maximum atomic E-state index is 11.2. The van der Waals surface area contributed by atoms with Gasteiger partial charge >= 0.3 is 0 Å². The molecule has 0 fully saturated rings. The van der Waals surface area contributed by atoms with Crippen molar-refractivity contribution >= 4 is 27.1 Å². The van der Waals surface area contributed by atoms with Crippen molar-refractivity contribution in [3.63, 3.8) is 0 Å². The minimum absolute atomic E-state index is 0.0546. The lowest BCUT2D eigenvalue weighted by Crippen LogP contribution is -2.11. The van der Waals surface area contributed by atoms with Gasteiger partial charge in [0, 0.05) is 12.2 Å². The number of hydrogen-bond donors (Lipinski definition) is 2. The van der Waals surface area contributed by atoms with Gasteiger partial charge in [-0.25, -0.2) is 13.6 Å². The number of nitrogens with two attached hydrogens (primary N) is 1. The summed E-state index contributed by atoms with van der Waals surface area (Å²) >= 11 is 0. The highest BCUT2D eigenvalue weighted by Gasteiger charge is 2.06. The monoisotopic (exact) mass is 332 g/mol. The van der Waals surface area contributed by atoms with Crippen LogP contribution in [0, 0.1) is 0 Å². The fourth-order valence-corrected chi connectivity index (χ4v) is 2.39. The van der Waals surface area contributed by atoms with Crippen molar-refractivity contribution in [3.05, 3.63) is 48.5 Å². The molecular formula is C16H20N4O2S. The van der Waals surface area contributed by atoms with E-state index < -0.39 is 10.0 Å². The Bertz CT molecular complexity index is 754. The van der Waals surface area contributed by atoms with E-state index in [1.165, 1.54) is 12.1 Å². The Balaban J connectivity index is 1.99. The number of anilines is 1. The van der Waals surface area contributed by atoms with E-state index in [4.69, 9.17) is 5.14 Å². The number of hydrogen-bond acceptors (Lipinski definition) is 5. The Morgan fingerprint density at radius 2 is 1.48 bits per heavy atom. The predicted octanol–water partition coefficient (Wildman–Crippen LogP) is 3.96. The fourth-order valence-electron chi connectivity index (χ4n) is 1.87. The largest absolute Gasteiger partial charge is 0.385 e. The third-order valence-corrected chi connectivity index (χ3v) is 4.10.